The van der Waals surface area contributed by atoms with Crippen LogP contribution >= 0.6 is 0 Å². The van der Waals surface area contributed by atoms with Gasteiger partial charge in [0, 0.05) is 32.2 Å². The van der Waals surface area contributed by atoms with Crippen molar-refractivity contribution < 1.29 is 22.3 Å². The van der Waals surface area contributed by atoms with Crippen LogP contribution in [0, 0.1) is 11.2 Å². The predicted molar refractivity (Wildman–Crippen MR) is 78.4 cm³/mol. The van der Waals surface area contributed by atoms with Crippen LogP contribution in [-0.4, -0.2) is 52.2 Å². The van der Waals surface area contributed by atoms with Crippen LogP contribution in [0.25, 0.3) is 0 Å². The molecule has 2 aliphatic rings. The lowest BCUT2D eigenvalue weighted by Crippen LogP contribution is -2.53. The zero-order chi connectivity index (χ0) is 15.8. The molecular formula is C15H20FNO4S. The van der Waals surface area contributed by atoms with E-state index in [1.807, 2.05) is 0 Å². The molecular weight excluding hydrogens is 309 g/mol. The van der Waals surface area contributed by atoms with Gasteiger partial charge in [-0.3, -0.25) is 0 Å². The monoisotopic (exact) mass is 329 g/mol. The summed E-state index contributed by atoms with van der Waals surface area (Å²) in [6.07, 6.45) is 1.38. The summed E-state index contributed by atoms with van der Waals surface area (Å²) in [6.45, 7) is 1.71. The van der Waals surface area contributed by atoms with E-state index in [1.165, 1.54) is 28.6 Å². The first kappa shape index (κ1) is 15.9. The molecule has 2 aliphatic heterocycles. The quantitative estimate of drug-likeness (QED) is 0.843. The SMILES string of the molecule is COC[C@@]12CCO[C@@H]1CCN(S(=O)(=O)c1ccccc1F)C2. The molecule has 0 aromatic heterocycles. The maximum atomic E-state index is 13.9. The number of piperidine rings is 1. The van der Waals surface area contributed by atoms with Crippen molar-refractivity contribution in [1.29, 1.82) is 0 Å². The van der Waals surface area contributed by atoms with Gasteiger partial charge in [0.15, 0.2) is 0 Å². The summed E-state index contributed by atoms with van der Waals surface area (Å²) in [6, 6.07) is 5.50. The Hall–Kier alpha value is -1.02. The van der Waals surface area contributed by atoms with Gasteiger partial charge >= 0.3 is 0 Å². The molecule has 7 heteroatoms. The molecule has 122 valence electrons. The lowest BCUT2D eigenvalue weighted by molar-refractivity contribution is -0.0359. The van der Waals surface area contributed by atoms with Gasteiger partial charge in [-0.1, -0.05) is 12.1 Å². The number of benzene rings is 1. The van der Waals surface area contributed by atoms with E-state index >= 15 is 0 Å². The third-order valence-corrected chi connectivity index (χ3v) is 6.50. The van der Waals surface area contributed by atoms with E-state index in [1.54, 1.807) is 7.11 Å². The molecule has 1 aromatic carbocycles. The van der Waals surface area contributed by atoms with E-state index in [0.29, 0.717) is 32.7 Å². The molecule has 0 bridgehead atoms. The minimum atomic E-state index is -3.84. The highest BCUT2D eigenvalue weighted by Gasteiger charge is 2.50. The van der Waals surface area contributed by atoms with Crippen molar-refractivity contribution in [3.05, 3.63) is 30.1 Å². The summed E-state index contributed by atoms with van der Waals surface area (Å²) in [4.78, 5) is -0.264. The Kier molecular flexibility index (Phi) is 4.24. The molecule has 1 aromatic rings. The Morgan fingerprint density at radius 2 is 2.23 bits per heavy atom. The maximum absolute atomic E-state index is 13.9. The Morgan fingerprint density at radius 3 is 2.95 bits per heavy atom. The second-order valence-corrected chi connectivity index (χ2v) is 7.87. The Bertz CT molecular complexity index is 651. The average Bonchev–Trinajstić information content (AvgIpc) is 2.90. The number of hydrogen-bond donors (Lipinski definition) is 0. The van der Waals surface area contributed by atoms with Crippen molar-refractivity contribution in [2.45, 2.75) is 23.8 Å². The summed E-state index contributed by atoms with van der Waals surface area (Å²) in [5, 5.41) is 0. The zero-order valence-electron chi connectivity index (χ0n) is 12.5. The zero-order valence-corrected chi connectivity index (χ0v) is 13.3. The number of hydrogen-bond acceptors (Lipinski definition) is 4. The van der Waals surface area contributed by atoms with Crippen molar-refractivity contribution in [3.63, 3.8) is 0 Å². The summed E-state index contributed by atoms with van der Waals surface area (Å²) in [5.41, 5.74) is -0.328. The van der Waals surface area contributed by atoms with Gasteiger partial charge in [-0.25, -0.2) is 12.8 Å². The molecule has 0 amide bonds. The van der Waals surface area contributed by atoms with Crippen LogP contribution < -0.4 is 0 Å². The third kappa shape index (κ3) is 2.56. The van der Waals surface area contributed by atoms with Crippen LogP contribution in [0.3, 0.4) is 0 Å². The normalized spacial score (nSPS) is 29.5. The lowest BCUT2D eigenvalue weighted by atomic mass is 9.78. The standard InChI is InChI=1S/C15H20FNO4S/c1-20-11-15-7-9-21-14(15)6-8-17(10-15)22(18,19)13-5-3-2-4-12(13)16/h2-5,14H,6-11H2,1H3/t14-,15+/m1/s1. The molecule has 0 N–H and O–H groups in total. The number of sulfonamides is 1. The molecule has 2 atom stereocenters. The number of rotatable bonds is 4. The molecule has 0 aliphatic carbocycles. The van der Waals surface area contributed by atoms with E-state index in [0.717, 1.165) is 6.42 Å². The minimum Gasteiger partial charge on any atom is -0.384 e. The molecule has 2 saturated heterocycles. The third-order valence-electron chi connectivity index (χ3n) is 4.62. The molecule has 0 unspecified atom stereocenters. The van der Waals surface area contributed by atoms with Gasteiger partial charge in [0.1, 0.15) is 10.7 Å². The smallest absolute Gasteiger partial charge is 0.246 e. The van der Waals surface area contributed by atoms with E-state index in [2.05, 4.69) is 0 Å². The first-order valence-electron chi connectivity index (χ1n) is 7.35. The summed E-state index contributed by atoms with van der Waals surface area (Å²) >= 11 is 0. The van der Waals surface area contributed by atoms with Gasteiger partial charge in [-0.05, 0) is 25.0 Å². The van der Waals surface area contributed by atoms with E-state index < -0.39 is 15.8 Å². The second-order valence-electron chi connectivity index (χ2n) is 5.96. The molecule has 0 saturated carbocycles. The highest BCUT2D eigenvalue weighted by atomic mass is 32.2. The second kappa shape index (κ2) is 5.88. The van der Waals surface area contributed by atoms with E-state index in [9.17, 15) is 12.8 Å². The average molecular weight is 329 g/mol. The molecule has 5 nitrogen and oxygen atoms in total. The van der Waals surface area contributed by atoms with Crippen molar-refractivity contribution in [2.75, 3.05) is 33.4 Å². The Balaban J connectivity index is 1.91. The first-order chi connectivity index (χ1) is 10.5. The number of fused-ring (bicyclic) bond motifs is 1. The molecule has 3 rings (SSSR count). The lowest BCUT2D eigenvalue weighted by Gasteiger charge is -2.42. The Labute approximate surface area is 130 Å². The minimum absolute atomic E-state index is 0.0134. The van der Waals surface area contributed by atoms with Crippen molar-refractivity contribution in [2.24, 2.45) is 5.41 Å². The van der Waals surface area contributed by atoms with Crippen molar-refractivity contribution in [3.8, 4) is 0 Å². The topological polar surface area (TPSA) is 55.8 Å². The van der Waals surface area contributed by atoms with Crippen LogP contribution in [0.15, 0.2) is 29.2 Å². The van der Waals surface area contributed by atoms with Gasteiger partial charge in [0.2, 0.25) is 10.0 Å². The molecule has 2 fully saturated rings. The fourth-order valence-electron chi connectivity index (χ4n) is 3.50. The maximum Gasteiger partial charge on any atom is 0.246 e. The fraction of sp³-hybridized carbons (Fsp3) is 0.600. The van der Waals surface area contributed by atoms with Gasteiger partial charge in [-0.15, -0.1) is 0 Å². The van der Waals surface area contributed by atoms with E-state index in [4.69, 9.17) is 9.47 Å². The van der Waals surface area contributed by atoms with Crippen molar-refractivity contribution >= 4 is 10.0 Å². The number of ether oxygens (including phenoxy) is 2. The largest absolute Gasteiger partial charge is 0.384 e. The van der Waals surface area contributed by atoms with Crippen LogP contribution in [0.4, 0.5) is 4.39 Å². The van der Waals surface area contributed by atoms with Crippen LogP contribution in [0.1, 0.15) is 12.8 Å². The molecule has 22 heavy (non-hydrogen) atoms. The van der Waals surface area contributed by atoms with Gasteiger partial charge < -0.3 is 9.47 Å². The Morgan fingerprint density at radius 1 is 1.45 bits per heavy atom. The van der Waals surface area contributed by atoms with Crippen LogP contribution in [0.5, 0.6) is 0 Å². The van der Waals surface area contributed by atoms with Crippen LogP contribution in [0.2, 0.25) is 0 Å². The van der Waals surface area contributed by atoms with Gasteiger partial charge in [0.25, 0.3) is 0 Å². The number of halogens is 1. The summed E-state index contributed by atoms with van der Waals surface area (Å²) in [7, 11) is -2.23. The highest BCUT2D eigenvalue weighted by Crippen LogP contribution is 2.42. The van der Waals surface area contributed by atoms with Crippen molar-refractivity contribution in [1.82, 2.24) is 4.31 Å². The van der Waals surface area contributed by atoms with E-state index in [-0.39, 0.29) is 16.4 Å². The first-order valence-corrected chi connectivity index (χ1v) is 8.79. The molecule has 0 radical (unpaired) electrons. The molecule has 2 heterocycles. The fourth-order valence-corrected chi connectivity index (χ4v) is 5.12. The van der Waals surface area contributed by atoms with Gasteiger partial charge in [-0.2, -0.15) is 4.31 Å². The summed E-state index contributed by atoms with van der Waals surface area (Å²) in [5.74, 6) is -0.715. The number of methoxy groups -OCH3 is 1. The highest BCUT2D eigenvalue weighted by molar-refractivity contribution is 7.89. The number of nitrogens with zero attached hydrogens (tertiary/aromatic N) is 1. The summed E-state index contributed by atoms with van der Waals surface area (Å²) < 4.78 is 51.8. The molecule has 0 spiro atoms. The predicted octanol–water partition coefficient (Wildman–Crippen LogP) is 1.64. The van der Waals surface area contributed by atoms with Crippen LogP contribution in [-0.2, 0) is 19.5 Å². The van der Waals surface area contributed by atoms with Gasteiger partial charge in [0.05, 0.1) is 12.7 Å².